The Morgan fingerprint density at radius 1 is 1.05 bits per heavy atom. The number of aromatic hydroxyl groups is 1. The molecule has 0 aliphatic carbocycles. The summed E-state index contributed by atoms with van der Waals surface area (Å²) in [6, 6.07) is 10.8. The van der Waals surface area contributed by atoms with Gasteiger partial charge < -0.3 is 10.4 Å². The SMILES string of the molecule is Cc1cc(Cl)c(NC(C)c2ccc(O)cc2)cc1Cl. The van der Waals surface area contributed by atoms with E-state index < -0.39 is 0 Å². The van der Waals surface area contributed by atoms with Gasteiger partial charge in [0.05, 0.1) is 10.7 Å². The van der Waals surface area contributed by atoms with E-state index in [0.717, 1.165) is 16.8 Å². The summed E-state index contributed by atoms with van der Waals surface area (Å²) in [5, 5.41) is 13.9. The molecule has 0 aliphatic heterocycles. The van der Waals surface area contributed by atoms with Gasteiger partial charge in [-0.25, -0.2) is 0 Å². The summed E-state index contributed by atoms with van der Waals surface area (Å²) < 4.78 is 0. The predicted molar refractivity (Wildman–Crippen MR) is 81.3 cm³/mol. The monoisotopic (exact) mass is 295 g/mol. The highest BCUT2D eigenvalue weighted by atomic mass is 35.5. The molecule has 1 unspecified atom stereocenters. The van der Waals surface area contributed by atoms with Crippen molar-refractivity contribution in [3.8, 4) is 5.75 Å². The lowest BCUT2D eigenvalue weighted by Gasteiger charge is -2.17. The smallest absolute Gasteiger partial charge is 0.115 e. The lowest BCUT2D eigenvalue weighted by atomic mass is 10.1. The van der Waals surface area contributed by atoms with E-state index in [0.29, 0.717) is 10.0 Å². The van der Waals surface area contributed by atoms with Crippen LogP contribution in [0.25, 0.3) is 0 Å². The van der Waals surface area contributed by atoms with E-state index in [4.69, 9.17) is 23.2 Å². The maximum atomic E-state index is 9.28. The number of rotatable bonds is 3. The highest BCUT2D eigenvalue weighted by Gasteiger charge is 2.09. The standard InChI is InChI=1S/C15H15Cl2NO/c1-9-7-14(17)15(8-13(9)16)18-10(2)11-3-5-12(19)6-4-11/h3-8,10,18-19H,1-2H3. The first kappa shape index (κ1) is 14.0. The lowest BCUT2D eigenvalue weighted by molar-refractivity contribution is 0.475. The van der Waals surface area contributed by atoms with Gasteiger partial charge in [0.25, 0.3) is 0 Å². The minimum absolute atomic E-state index is 0.0665. The minimum Gasteiger partial charge on any atom is -0.508 e. The molecule has 2 aromatic carbocycles. The van der Waals surface area contributed by atoms with Crippen molar-refractivity contribution < 1.29 is 5.11 Å². The van der Waals surface area contributed by atoms with Gasteiger partial charge in [0.1, 0.15) is 5.75 Å². The van der Waals surface area contributed by atoms with Crippen LogP contribution in [0.2, 0.25) is 10.0 Å². The topological polar surface area (TPSA) is 32.3 Å². The molecule has 0 saturated carbocycles. The maximum Gasteiger partial charge on any atom is 0.115 e. The molecule has 0 bridgehead atoms. The average Bonchev–Trinajstić information content (AvgIpc) is 2.36. The summed E-state index contributed by atoms with van der Waals surface area (Å²) in [6.07, 6.45) is 0. The van der Waals surface area contributed by atoms with Crippen LogP contribution in [0.1, 0.15) is 24.1 Å². The van der Waals surface area contributed by atoms with Crippen LogP contribution in [0.4, 0.5) is 5.69 Å². The van der Waals surface area contributed by atoms with E-state index in [2.05, 4.69) is 5.32 Å². The molecule has 2 N–H and O–H groups in total. The third kappa shape index (κ3) is 3.34. The second kappa shape index (κ2) is 5.72. The maximum absolute atomic E-state index is 9.28. The number of anilines is 1. The summed E-state index contributed by atoms with van der Waals surface area (Å²) in [6.45, 7) is 3.94. The molecule has 1 atom stereocenters. The minimum atomic E-state index is 0.0665. The van der Waals surface area contributed by atoms with E-state index >= 15 is 0 Å². The average molecular weight is 296 g/mol. The zero-order valence-corrected chi connectivity index (χ0v) is 12.3. The van der Waals surface area contributed by atoms with E-state index in [-0.39, 0.29) is 11.8 Å². The molecule has 0 heterocycles. The summed E-state index contributed by atoms with van der Waals surface area (Å²) in [7, 11) is 0. The molecular formula is C15H15Cl2NO. The van der Waals surface area contributed by atoms with Gasteiger partial charge in [-0.15, -0.1) is 0 Å². The van der Waals surface area contributed by atoms with E-state index in [1.165, 1.54) is 0 Å². The van der Waals surface area contributed by atoms with Crippen LogP contribution >= 0.6 is 23.2 Å². The number of benzene rings is 2. The highest BCUT2D eigenvalue weighted by molar-refractivity contribution is 6.35. The normalized spacial score (nSPS) is 12.2. The molecule has 0 saturated heterocycles. The van der Waals surface area contributed by atoms with Crippen molar-refractivity contribution in [2.24, 2.45) is 0 Å². The van der Waals surface area contributed by atoms with E-state index in [9.17, 15) is 5.11 Å². The molecule has 2 rings (SSSR count). The van der Waals surface area contributed by atoms with E-state index in [1.54, 1.807) is 12.1 Å². The summed E-state index contributed by atoms with van der Waals surface area (Å²) in [5.41, 5.74) is 2.82. The first-order valence-electron chi connectivity index (χ1n) is 5.98. The first-order valence-corrected chi connectivity index (χ1v) is 6.74. The van der Waals surface area contributed by atoms with Gasteiger partial charge in [-0.3, -0.25) is 0 Å². The number of phenols is 1. The molecule has 0 aromatic heterocycles. The second-order valence-electron chi connectivity index (χ2n) is 4.54. The summed E-state index contributed by atoms with van der Waals surface area (Å²) in [5.74, 6) is 0.257. The number of halogens is 2. The first-order chi connectivity index (χ1) is 8.97. The van der Waals surface area contributed by atoms with Gasteiger partial charge in [-0.1, -0.05) is 35.3 Å². The number of hydrogen-bond acceptors (Lipinski definition) is 2. The molecule has 0 aliphatic rings. The molecular weight excluding hydrogens is 281 g/mol. The third-order valence-electron chi connectivity index (χ3n) is 3.01. The number of hydrogen-bond donors (Lipinski definition) is 2. The molecule has 0 radical (unpaired) electrons. The zero-order valence-electron chi connectivity index (χ0n) is 10.7. The Bertz CT molecular complexity index is 581. The lowest BCUT2D eigenvalue weighted by Crippen LogP contribution is -2.07. The molecule has 0 amide bonds. The fraction of sp³-hybridized carbons (Fsp3) is 0.200. The Hall–Kier alpha value is -1.38. The van der Waals surface area contributed by atoms with Crippen LogP contribution in [0, 0.1) is 6.92 Å². The largest absolute Gasteiger partial charge is 0.508 e. The van der Waals surface area contributed by atoms with Crippen LogP contribution < -0.4 is 5.32 Å². The fourth-order valence-electron chi connectivity index (χ4n) is 1.84. The van der Waals surface area contributed by atoms with Crippen molar-refractivity contribution in [1.82, 2.24) is 0 Å². The fourth-order valence-corrected chi connectivity index (χ4v) is 2.27. The van der Waals surface area contributed by atoms with Gasteiger partial charge in [-0.05, 0) is 49.2 Å². The van der Waals surface area contributed by atoms with Gasteiger partial charge in [0, 0.05) is 11.1 Å². The molecule has 19 heavy (non-hydrogen) atoms. The highest BCUT2D eigenvalue weighted by Crippen LogP contribution is 2.31. The van der Waals surface area contributed by atoms with E-state index in [1.807, 2.05) is 38.1 Å². The molecule has 0 spiro atoms. The zero-order chi connectivity index (χ0) is 14.0. The van der Waals surface area contributed by atoms with Crippen LogP contribution in [0.3, 0.4) is 0 Å². The molecule has 0 fully saturated rings. The van der Waals surface area contributed by atoms with Gasteiger partial charge in [0.2, 0.25) is 0 Å². The molecule has 4 heteroatoms. The Kier molecular flexibility index (Phi) is 4.23. The number of aryl methyl sites for hydroxylation is 1. The van der Waals surface area contributed by atoms with Gasteiger partial charge in [0.15, 0.2) is 0 Å². The molecule has 100 valence electrons. The van der Waals surface area contributed by atoms with Crippen molar-refractivity contribution in [3.05, 3.63) is 57.6 Å². The van der Waals surface area contributed by atoms with Crippen LogP contribution in [-0.4, -0.2) is 5.11 Å². The summed E-state index contributed by atoms with van der Waals surface area (Å²) in [4.78, 5) is 0. The summed E-state index contributed by atoms with van der Waals surface area (Å²) >= 11 is 12.3. The van der Waals surface area contributed by atoms with Crippen molar-refractivity contribution in [2.75, 3.05) is 5.32 Å². The van der Waals surface area contributed by atoms with Crippen molar-refractivity contribution in [1.29, 1.82) is 0 Å². The van der Waals surface area contributed by atoms with Gasteiger partial charge >= 0.3 is 0 Å². The Balaban J connectivity index is 2.21. The molecule has 2 aromatic rings. The van der Waals surface area contributed by atoms with Crippen molar-refractivity contribution in [3.63, 3.8) is 0 Å². The van der Waals surface area contributed by atoms with Gasteiger partial charge in [-0.2, -0.15) is 0 Å². The quantitative estimate of drug-likeness (QED) is 0.818. The number of phenolic OH excluding ortho intramolecular Hbond substituents is 1. The number of nitrogens with one attached hydrogen (secondary N) is 1. The van der Waals surface area contributed by atoms with Crippen molar-refractivity contribution in [2.45, 2.75) is 19.9 Å². The Labute approximate surface area is 123 Å². The Morgan fingerprint density at radius 2 is 1.68 bits per heavy atom. The third-order valence-corrected chi connectivity index (χ3v) is 3.73. The molecule has 2 nitrogen and oxygen atoms in total. The van der Waals surface area contributed by atoms with Crippen LogP contribution in [0.5, 0.6) is 5.75 Å². The predicted octanol–water partition coefficient (Wildman–Crippen LogP) is 5.18. The second-order valence-corrected chi connectivity index (χ2v) is 5.35. The van der Waals surface area contributed by atoms with Crippen LogP contribution in [-0.2, 0) is 0 Å². The Morgan fingerprint density at radius 3 is 2.32 bits per heavy atom. The van der Waals surface area contributed by atoms with Crippen molar-refractivity contribution >= 4 is 28.9 Å². The van der Waals surface area contributed by atoms with Crippen LogP contribution in [0.15, 0.2) is 36.4 Å².